The fraction of sp³-hybridized carbons (Fsp3) is 0. The Kier molecular flexibility index (Phi) is 2.76. The van der Waals surface area contributed by atoms with Gasteiger partial charge in [-0.15, -0.1) is 12.4 Å². The van der Waals surface area contributed by atoms with Gasteiger partial charge in [0.25, 0.3) is 0 Å². The Labute approximate surface area is 117 Å². The van der Waals surface area contributed by atoms with E-state index in [1.165, 1.54) is 10.8 Å². The number of rotatable bonds is 0. The second-order valence-electron chi connectivity index (χ2n) is 4.42. The van der Waals surface area contributed by atoms with Crippen LogP contribution in [0.15, 0.2) is 54.9 Å². The monoisotopic (exact) mass is 269 g/mol. The van der Waals surface area contributed by atoms with E-state index in [2.05, 4.69) is 52.0 Å². The molecule has 3 aromatic rings. The van der Waals surface area contributed by atoms with Crippen molar-refractivity contribution in [2.24, 2.45) is 0 Å². The minimum atomic E-state index is 0. The molecule has 2 heterocycles. The van der Waals surface area contributed by atoms with E-state index in [0.717, 1.165) is 22.7 Å². The molecule has 1 aliphatic rings. The molecule has 1 aromatic heterocycles. The summed E-state index contributed by atoms with van der Waals surface area (Å²) in [5.41, 5.74) is 4.27. The van der Waals surface area contributed by atoms with Crippen LogP contribution in [0.4, 0.5) is 22.7 Å². The highest BCUT2D eigenvalue weighted by atomic mass is 35.5. The van der Waals surface area contributed by atoms with Gasteiger partial charge in [0.2, 0.25) is 0 Å². The van der Waals surface area contributed by atoms with Crippen LogP contribution in [0.5, 0.6) is 0 Å². The second-order valence-corrected chi connectivity index (χ2v) is 4.42. The van der Waals surface area contributed by atoms with Crippen LogP contribution in [-0.2, 0) is 0 Å². The smallest absolute Gasteiger partial charge is 0.0810 e. The van der Waals surface area contributed by atoms with Crippen molar-refractivity contribution in [2.75, 3.05) is 10.6 Å². The quantitative estimate of drug-likeness (QED) is 0.495. The SMILES string of the molecule is Cl.c1ccc2cc3c(cc2c1)Nc1ccncc1N3. The summed E-state index contributed by atoms with van der Waals surface area (Å²) in [5.74, 6) is 0. The van der Waals surface area contributed by atoms with Crippen molar-refractivity contribution in [1.82, 2.24) is 4.98 Å². The van der Waals surface area contributed by atoms with Gasteiger partial charge in [-0.25, -0.2) is 0 Å². The molecule has 0 radical (unpaired) electrons. The summed E-state index contributed by atoms with van der Waals surface area (Å²) in [5, 5.41) is 9.31. The Morgan fingerprint density at radius 3 is 2.05 bits per heavy atom. The van der Waals surface area contributed by atoms with Crippen LogP contribution in [0, 0.1) is 0 Å². The minimum Gasteiger partial charge on any atom is -0.352 e. The number of halogens is 1. The zero-order valence-electron chi connectivity index (χ0n) is 10.1. The Hall–Kier alpha value is -2.26. The van der Waals surface area contributed by atoms with Crippen LogP contribution in [0.3, 0.4) is 0 Å². The predicted octanol–water partition coefficient (Wildman–Crippen LogP) is 4.46. The lowest BCUT2D eigenvalue weighted by Gasteiger charge is -2.23. The molecular weight excluding hydrogens is 258 g/mol. The van der Waals surface area contributed by atoms with E-state index in [9.17, 15) is 0 Å². The van der Waals surface area contributed by atoms with Gasteiger partial charge in [0, 0.05) is 6.20 Å². The summed E-state index contributed by atoms with van der Waals surface area (Å²) in [6.07, 6.45) is 3.63. The second kappa shape index (κ2) is 4.44. The Morgan fingerprint density at radius 2 is 1.37 bits per heavy atom. The molecule has 94 valence electrons. The van der Waals surface area contributed by atoms with Crippen LogP contribution in [0.1, 0.15) is 0 Å². The number of hydrogen-bond donors (Lipinski definition) is 2. The summed E-state index contributed by atoms with van der Waals surface area (Å²) < 4.78 is 0. The zero-order valence-corrected chi connectivity index (χ0v) is 10.9. The van der Waals surface area contributed by atoms with Crippen molar-refractivity contribution >= 4 is 45.9 Å². The first-order valence-corrected chi connectivity index (χ1v) is 5.91. The molecule has 0 bridgehead atoms. The van der Waals surface area contributed by atoms with Crippen LogP contribution >= 0.6 is 12.4 Å². The minimum absolute atomic E-state index is 0. The molecule has 0 fully saturated rings. The van der Waals surface area contributed by atoms with Gasteiger partial charge in [0.1, 0.15) is 0 Å². The van der Waals surface area contributed by atoms with Gasteiger partial charge in [-0.3, -0.25) is 4.98 Å². The van der Waals surface area contributed by atoms with Crippen molar-refractivity contribution in [2.45, 2.75) is 0 Å². The highest BCUT2D eigenvalue weighted by Gasteiger charge is 2.14. The van der Waals surface area contributed by atoms with Gasteiger partial charge in [0.15, 0.2) is 0 Å². The first kappa shape index (κ1) is 11.8. The standard InChI is InChI=1S/C15H11N3.ClH/c1-2-4-11-8-14-13(7-10(11)3-1)17-12-5-6-16-9-15(12)18-14;/h1-9,17-18H;1H. The van der Waals surface area contributed by atoms with Crippen molar-refractivity contribution in [3.63, 3.8) is 0 Å². The van der Waals surface area contributed by atoms with E-state index in [-0.39, 0.29) is 12.4 Å². The molecule has 19 heavy (non-hydrogen) atoms. The van der Waals surface area contributed by atoms with E-state index in [1.54, 1.807) is 6.20 Å². The summed E-state index contributed by atoms with van der Waals surface area (Å²) in [6, 6.07) is 14.7. The lowest BCUT2D eigenvalue weighted by Crippen LogP contribution is -2.06. The highest BCUT2D eigenvalue weighted by Crippen LogP contribution is 2.39. The molecule has 0 amide bonds. The van der Waals surface area contributed by atoms with Crippen molar-refractivity contribution < 1.29 is 0 Å². The fourth-order valence-electron chi connectivity index (χ4n) is 2.34. The first-order chi connectivity index (χ1) is 8.90. The number of aromatic nitrogens is 1. The van der Waals surface area contributed by atoms with Crippen LogP contribution < -0.4 is 10.6 Å². The van der Waals surface area contributed by atoms with E-state index in [4.69, 9.17) is 0 Å². The molecular formula is C15H12ClN3. The lowest BCUT2D eigenvalue weighted by atomic mass is 10.1. The number of hydrogen-bond acceptors (Lipinski definition) is 3. The van der Waals surface area contributed by atoms with Gasteiger partial charge in [0.05, 0.1) is 28.9 Å². The molecule has 3 nitrogen and oxygen atoms in total. The van der Waals surface area contributed by atoms with Crippen LogP contribution in [-0.4, -0.2) is 4.98 Å². The molecule has 4 rings (SSSR count). The predicted molar refractivity (Wildman–Crippen MR) is 82.0 cm³/mol. The van der Waals surface area contributed by atoms with Gasteiger partial charge in [-0.05, 0) is 29.0 Å². The Balaban J connectivity index is 0.00000110. The van der Waals surface area contributed by atoms with Crippen molar-refractivity contribution in [3.8, 4) is 0 Å². The molecule has 0 unspecified atom stereocenters. The van der Waals surface area contributed by atoms with Gasteiger partial charge in [-0.1, -0.05) is 24.3 Å². The topological polar surface area (TPSA) is 37.0 Å². The van der Waals surface area contributed by atoms with E-state index in [1.807, 2.05) is 12.3 Å². The summed E-state index contributed by atoms with van der Waals surface area (Å²) in [4.78, 5) is 4.13. The summed E-state index contributed by atoms with van der Waals surface area (Å²) >= 11 is 0. The number of benzene rings is 2. The number of nitrogens with one attached hydrogen (secondary N) is 2. The highest BCUT2D eigenvalue weighted by molar-refractivity contribution is 5.98. The third-order valence-corrected chi connectivity index (χ3v) is 3.25. The van der Waals surface area contributed by atoms with Crippen LogP contribution in [0.25, 0.3) is 10.8 Å². The molecule has 4 heteroatoms. The van der Waals surface area contributed by atoms with Gasteiger partial charge >= 0.3 is 0 Å². The Bertz CT molecular complexity index is 692. The summed E-state index contributed by atoms with van der Waals surface area (Å²) in [7, 11) is 0. The normalized spacial score (nSPS) is 11.6. The molecule has 1 aliphatic heterocycles. The maximum atomic E-state index is 4.13. The average molecular weight is 270 g/mol. The molecule has 0 atom stereocenters. The Morgan fingerprint density at radius 1 is 0.737 bits per heavy atom. The number of pyridine rings is 1. The molecule has 0 aliphatic carbocycles. The lowest BCUT2D eigenvalue weighted by molar-refractivity contribution is 1.30. The van der Waals surface area contributed by atoms with Gasteiger partial charge in [-0.2, -0.15) is 0 Å². The average Bonchev–Trinajstić information content (AvgIpc) is 2.42. The summed E-state index contributed by atoms with van der Waals surface area (Å²) in [6.45, 7) is 0. The number of anilines is 4. The third-order valence-electron chi connectivity index (χ3n) is 3.25. The largest absolute Gasteiger partial charge is 0.352 e. The van der Waals surface area contributed by atoms with E-state index >= 15 is 0 Å². The molecule has 0 saturated heterocycles. The fourth-order valence-corrected chi connectivity index (χ4v) is 2.34. The molecule has 0 spiro atoms. The van der Waals surface area contributed by atoms with E-state index < -0.39 is 0 Å². The van der Waals surface area contributed by atoms with E-state index in [0.29, 0.717) is 0 Å². The first-order valence-electron chi connectivity index (χ1n) is 5.91. The maximum Gasteiger partial charge on any atom is 0.0810 e. The number of nitrogens with zero attached hydrogens (tertiary/aromatic N) is 1. The number of fused-ring (bicyclic) bond motifs is 3. The molecule has 2 N–H and O–H groups in total. The zero-order chi connectivity index (χ0) is 11.9. The van der Waals surface area contributed by atoms with Gasteiger partial charge < -0.3 is 10.6 Å². The van der Waals surface area contributed by atoms with Crippen LogP contribution in [0.2, 0.25) is 0 Å². The maximum absolute atomic E-state index is 4.13. The molecule has 2 aromatic carbocycles. The van der Waals surface area contributed by atoms with Crippen molar-refractivity contribution in [3.05, 3.63) is 54.9 Å². The van der Waals surface area contributed by atoms with Crippen molar-refractivity contribution in [1.29, 1.82) is 0 Å². The molecule has 0 saturated carbocycles. The third kappa shape index (κ3) is 1.88.